The van der Waals surface area contributed by atoms with Crippen LogP contribution in [0.5, 0.6) is 5.75 Å². The predicted octanol–water partition coefficient (Wildman–Crippen LogP) is 1.75. The summed E-state index contributed by atoms with van der Waals surface area (Å²) in [5.74, 6) is 0.349. The van der Waals surface area contributed by atoms with E-state index in [0.29, 0.717) is 23.8 Å². The third-order valence-corrected chi connectivity index (χ3v) is 6.91. The zero-order valence-electron chi connectivity index (χ0n) is 17.2. The van der Waals surface area contributed by atoms with Gasteiger partial charge in [-0.05, 0) is 60.7 Å². The maximum Gasteiger partial charge on any atom is 0.258 e. The van der Waals surface area contributed by atoms with Crippen molar-refractivity contribution in [3.63, 3.8) is 0 Å². The molecule has 168 valence electrons. The van der Waals surface area contributed by atoms with Gasteiger partial charge < -0.3 is 4.74 Å². The van der Waals surface area contributed by atoms with Crippen molar-refractivity contribution >= 4 is 15.9 Å². The number of rotatable bonds is 10. The number of nitrogens with zero attached hydrogens (tertiary/aromatic N) is 4. The summed E-state index contributed by atoms with van der Waals surface area (Å²) in [4.78, 5) is 11.8. The number of nitrogens with one attached hydrogen (secondary N) is 1. The van der Waals surface area contributed by atoms with Crippen molar-refractivity contribution in [1.82, 2.24) is 24.5 Å². The van der Waals surface area contributed by atoms with Crippen LogP contribution in [-0.2, 0) is 21.4 Å². The molecule has 1 amide bonds. The van der Waals surface area contributed by atoms with Crippen LogP contribution in [-0.4, -0.2) is 51.8 Å². The average Bonchev–Trinajstić information content (AvgIpc) is 3.48. The van der Waals surface area contributed by atoms with Crippen molar-refractivity contribution in [3.05, 3.63) is 66.7 Å². The standard InChI is InChI=1S/C21H23N5O5S/c27-21(24-28)12-26(11-16-3-5-18(6-4-16)25-14-22-23-15-25)32(29,30)20-9-7-19(8-10-20)31-13-17-1-2-17/h3-10,14-15,17,28H,1-2,11-13H2,(H,24,27). The molecule has 32 heavy (non-hydrogen) atoms. The van der Waals surface area contributed by atoms with E-state index in [0.717, 1.165) is 22.8 Å². The normalized spacial score (nSPS) is 13.8. The van der Waals surface area contributed by atoms with E-state index in [1.165, 1.54) is 17.6 Å². The van der Waals surface area contributed by atoms with Crippen LogP contribution in [0.4, 0.5) is 0 Å². The SMILES string of the molecule is O=C(CN(Cc1ccc(-n2cnnc2)cc1)S(=O)(=O)c1ccc(OCC2CC2)cc1)NO. The number of carbonyl (C=O) groups is 1. The van der Waals surface area contributed by atoms with Gasteiger partial charge in [0.05, 0.1) is 18.0 Å². The van der Waals surface area contributed by atoms with E-state index in [9.17, 15) is 13.2 Å². The first-order valence-electron chi connectivity index (χ1n) is 10.1. The smallest absolute Gasteiger partial charge is 0.258 e. The third-order valence-electron chi connectivity index (χ3n) is 5.10. The van der Waals surface area contributed by atoms with Gasteiger partial charge in [-0.3, -0.25) is 14.6 Å². The zero-order chi connectivity index (χ0) is 22.6. The summed E-state index contributed by atoms with van der Waals surface area (Å²) in [5.41, 5.74) is 2.97. The van der Waals surface area contributed by atoms with Crippen LogP contribution in [0.2, 0.25) is 0 Å². The first kappa shape index (κ1) is 21.9. The van der Waals surface area contributed by atoms with E-state index in [1.807, 2.05) is 0 Å². The van der Waals surface area contributed by atoms with E-state index >= 15 is 0 Å². The lowest BCUT2D eigenvalue weighted by molar-refractivity contribution is -0.129. The third kappa shape index (κ3) is 5.31. The summed E-state index contributed by atoms with van der Waals surface area (Å²) < 4.78 is 34.8. The second-order valence-corrected chi connectivity index (χ2v) is 9.51. The highest BCUT2D eigenvalue weighted by Crippen LogP contribution is 2.30. The van der Waals surface area contributed by atoms with Crippen LogP contribution in [0.25, 0.3) is 5.69 Å². The first-order valence-corrected chi connectivity index (χ1v) is 11.5. The molecule has 1 aliphatic carbocycles. The van der Waals surface area contributed by atoms with Crippen LogP contribution in [0.3, 0.4) is 0 Å². The van der Waals surface area contributed by atoms with Gasteiger partial charge in [-0.15, -0.1) is 10.2 Å². The molecule has 0 radical (unpaired) electrons. The van der Waals surface area contributed by atoms with Crippen molar-refractivity contribution in [2.75, 3.05) is 13.2 Å². The Labute approximate surface area is 185 Å². The Morgan fingerprint density at radius 1 is 1.09 bits per heavy atom. The molecule has 4 rings (SSSR count). The fourth-order valence-corrected chi connectivity index (χ4v) is 4.47. The first-order chi connectivity index (χ1) is 15.5. The van der Waals surface area contributed by atoms with Crippen LogP contribution in [0.15, 0.2) is 66.1 Å². The van der Waals surface area contributed by atoms with Gasteiger partial charge in [-0.25, -0.2) is 13.9 Å². The summed E-state index contributed by atoms with van der Waals surface area (Å²) in [6.07, 6.45) is 5.42. The molecule has 3 aromatic rings. The maximum atomic E-state index is 13.2. The largest absolute Gasteiger partial charge is 0.493 e. The molecule has 0 aliphatic heterocycles. The molecule has 2 aromatic carbocycles. The summed E-state index contributed by atoms with van der Waals surface area (Å²) in [5, 5.41) is 16.4. The number of ether oxygens (including phenoxy) is 1. The number of amides is 1. The molecule has 0 atom stereocenters. The monoisotopic (exact) mass is 457 g/mol. The number of sulfonamides is 1. The molecule has 0 unspecified atom stereocenters. The minimum Gasteiger partial charge on any atom is -0.493 e. The zero-order valence-corrected chi connectivity index (χ0v) is 18.0. The van der Waals surface area contributed by atoms with Gasteiger partial charge in [0.2, 0.25) is 10.0 Å². The quantitative estimate of drug-likeness (QED) is 0.351. The Kier molecular flexibility index (Phi) is 6.49. The fourth-order valence-electron chi connectivity index (χ4n) is 3.09. The van der Waals surface area contributed by atoms with Crippen LogP contribution < -0.4 is 10.2 Å². The lowest BCUT2D eigenvalue weighted by Gasteiger charge is -2.21. The number of aromatic nitrogens is 3. The van der Waals surface area contributed by atoms with Gasteiger partial charge in [0, 0.05) is 12.2 Å². The Hall–Kier alpha value is -3.28. The molecule has 1 saturated carbocycles. The van der Waals surface area contributed by atoms with Crippen molar-refractivity contribution < 1.29 is 23.2 Å². The number of hydroxylamine groups is 1. The summed E-state index contributed by atoms with van der Waals surface area (Å²) in [7, 11) is -4.01. The van der Waals surface area contributed by atoms with Crippen molar-refractivity contribution in [2.24, 2.45) is 5.92 Å². The van der Waals surface area contributed by atoms with E-state index < -0.39 is 22.5 Å². The van der Waals surface area contributed by atoms with Gasteiger partial charge in [0.15, 0.2) is 0 Å². The second kappa shape index (κ2) is 9.47. The Bertz CT molecular complexity index is 1140. The molecular formula is C21H23N5O5S. The Balaban J connectivity index is 1.52. The predicted molar refractivity (Wildman–Crippen MR) is 114 cm³/mol. The molecule has 1 aliphatic rings. The number of carbonyl (C=O) groups excluding carboxylic acids is 1. The number of hydrogen-bond donors (Lipinski definition) is 2. The number of benzene rings is 2. The van der Waals surface area contributed by atoms with E-state index in [4.69, 9.17) is 9.94 Å². The van der Waals surface area contributed by atoms with Gasteiger partial charge in [-0.1, -0.05) is 12.1 Å². The van der Waals surface area contributed by atoms with Gasteiger partial charge in [0.1, 0.15) is 18.4 Å². The van der Waals surface area contributed by atoms with E-state index in [2.05, 4.69) is 10.2 Å². The molecule has 1 heterocycles. The Morgan fingerprint density at radius 2 is 1.75 bits per heavy atom. The molecule has 0 bridgehead atoms. The lowest BCUT2D eigenvalue weighted by atomic mass is 10.2. The van der Waals surface area contributed by atoms with E-state index in [1.54, 1.807) is 53.6 Å². The second-order valence-electron chi connectivity index (χ2n) is 7.57. The fraction of sp³-hybridized carbons (Fsp3) is 0.286. The molecule has 0 saturated heterocycles. The summed E-state index contributed by atoms with van der Waals surface area (Å²) in [6, 6.07) is 13.2. The molecule has 11 heteroatoms. The van der Waals surface area contributed by atoms with E-state index in [-0.39, 0.29) is 11.4 Å². The molecule has 10 nitrogen and oxygen atoms in total. The van der Waals surface area contributed by atoms with Crippen molar-refractivity contribution in [1.29, 1.82) is 0 Å². The molecule has 1 aromatic heterocycles. The van der Waals surface area contributed by atoms with Crippen molar-refractivity contribution in [2.45, 2.75) is 24.3 Å². The molecule has 2 N–H and O–H groups in total. The summed E-state index contributed by atoms with van der Waals surface area (Å²) in [6.45, 7) is 0.0319. The van der Waals surface area contributed by atoms with Crippen molar-refractivity contribution in [3.8, 4) is 11.4 Å². The highest BCUT2D eigenvalue weighted by Gasteiger charge is 2.27. The van der Waals surface area contributed by atoms with Gasteiger partial charge in [0.25, 0.3) is 5.91 Å². The molecule has 1 fully saturated rings. The average molecular weight is 458 g/mol. The summed E-state index contributed by atoms with van der Waals surface area (Å²) >= 11 is 0. The molecular weight excluding hydrogens is 434 g/mol. The minimum atomic E-state index is -4.01. The maximum absolute atomic E-state index is 13.2. The number of hydrogen-bond acceptors (Lipinski definition) is 7. The lowest BCUT2D eigenvalue weighted by Crippen LogP contribution is -2.39. The van der Waals surface area contributed by atoms with Crippen LogP contribution >= 0.6 is 0 Å². The van der Waals surface area contributed by atoms with Crippen LogP contribution in [0.1, 0.15) is 18.4 Å². The van der Waals surface area contributed by atoms with Gasteiger partial charge >= 0.3 is 0 Å². The Morgan fingerprint density at radius 3 is 2.34 bits per heavy atom. The molecule has 0 spiro atoms. The minimum absolute atomic E-state index is 0.0307. The highest BCUT2D eigenvalue weighted by atomic mass is 32.2. The van der Waals surface area contributed by atoms with Crippen LogP contribution in [0, 0.1) is 5.92 Å². The van der Waals surface area contributed by atoms with Gasteiger partial charge in [-0.2, -0.15) is 4.31 Å². The highest BCUT2D eigenvalue weighted by molar-refractivity contribution is 7.89. The topological polar surface area (TPSA) is 127 Å².